The maximum atomic E-state index is 12.8. The fraction of sp³-hybridized carbons (Fsp3) is 0.444. The van der Waals surface area contributed by atoms with Crippen LogP contribution in [-0.4, -0.2) is 149 Å². The number of nitrogens with one attached hydrogen (secondary N) is 1. The summed E-state index contributed by atoms with van der Waals surface area (Å²) in [4.78, 5) is 73.9. The Bertz CT molecular complexity index is 4570. The highest BCUT2D eigenvalue weighted by Crippen LogP contribution is 2.43. The summed E-state index contributed by atoms with van der Waals surface area (Å²) < 4.78 is 55.8. The molecule has 27 nitrogen and oxygen atoms in total. The Balaban J connectivity index is 0.000000152. The molecule has 0 saturated carbocycles. The van der Waals surface area contributed by atoms with Crippen LogP contribution >= 0.6 is 0 Å². The van der Waals surface area contributed by atoms with E-state index in [2.05, 4.69) is 49.3 Å². The van der Waals surface area contributed by atoms with E-state index < -0.39 is 40.1 Å². The predicted octanol–water partition coefficient (Wildman–Crippen LogP) is 12.3. The number of aromatic amines is 1. The third kappa shape index (κ3) is 14.6. The van der Waals surface area contributed by atoms with Gasteiger partial charge in [-0.05, 0) is 162 Å². The first-order valence-corrected chi connectivity index (χ1v) is 33.7. The van der Waals surface area contributed by atoms with Crippen molar-refractivity contribution >= 4 is 57.7 Å². The molecule has 4 aliphatic rings. The summed E-state index contributed by atoms with van der Waals surface area (Å²) in [7, 11) is -0.750. The van der Waals surface area contributed by atoms with E-state index in [1.807, 2.05) is 99.0 Å². The van der Waals surface area contributed by atoms with Gasteiger partial charge in [0.05, 0.1) is 142 Å². The number of nitro benzene ring substituents is 2. The van der Waals surface area contributed by atoms with Gasteiger partial charge >= 0.3 is 19.1 Å². The number of pyridine rings is 3. The molecular weight excluding hydrogens is 1290 g/mol. The Morgan fingerprint density at radius 3 is 1.49 bits per heavy atom. The standard InChI is InChI=1S/C26H30N4O6.C24H26N4O3.C22H28BN3O7/c1-6-35-26(31)21-13-27-29(19-9-10-34-14-19)25(21)20-8-7-18(12-22(20)30(32)33)24-16(4)11-23(28-17(24)5)36-15(2)3;1-13(2)31-21-9-14(3)22(15(4)26-21)16-5-6-18-20(10-16)27-24(29)19-11-25-28(23(18)19)17-7-8-30-12-17;1-6-31-20(27)17-12-24-25(15-9-10-30-13-15)19(17)16-8-7-14(11-18(16)26(28)29)23-32-21(2,3)22(4,5)33-23/h7-8,11-13,15,19H,6,9-10,14H2,1-5H3;5-6,9-11,13,17H,7-8,12H2,1-4H3,(H,27,29);7-8,11-12,15H,6,9-10,13H2,1-5H3/t19-;17-;15-/m000/s1. The van der Waals surface area contributed by atoms with E-state index in [0.29, 0.717) is 96.7 Å². The quantitative estimate of drug-likeness (QED) is 0.0361. The summed E-state index contributed by atoms with van der Waals surface area (Å²) in [6, 6.07) is 19.6. The summed E-state index contributed by atoms with van der Waals surface area (Å²) in [6.07, 6.45) is 6.80. The van der Waals surface area contributed by atoms with Crippen molar-refractivity contribution in [2.24, 2.45) is 0 Å². The first-order valence-electron chi connectivity index (χ1n) is 33.7. The molecule has 0 bridgehead atoms. The molecule has 4 saturated heterocycles. The van der Waals surface area contributed by atoms with Gasteiger partial charge in [0.25, 0.3) is 16.9 Å². The third-order valence-corrected chi connectivity index (χ3v) is 18.4. The Labute approximate surface area is 578 Å². The number of hydrogen-bond donors (Lipinski definition) is 1. The number of hydrogen-bond acceptors (Lipinski definition) is 21. The number of fused-ring (bicyclic) bond motifs is 3. The molecule has 13 rings (SSSR count). The van der Waals surface area contributed by atoms with Crippen molar-refractivity contribution < 1.29 is 61.9 Å². The molecule has 0 aliphatic carbocycles. The number of esters is 2. The Morgan fingerprint density at radius 1 is 0.610 bits per heavy atom. The number of aryl methyl sites for hydroxylation is 4. The van der Waals surface area contributed by atoms with Crippen molar-refractivity contribution in [3.05, 3.63) is 150 Å². The van der Waals surface area contributed by atoms with Crippen LogP contribution in [0.5, 0.6) is 11.8 Å². The number of aromatic nitrogens is 9. The molecule has 526 valence electrons. The molecule has 0 unspecified atom stereocenters. The first-order chi connectivity index (χ1) is 47.7. The second kappa shape index (κ2) is 29.6. The molecule has 10 heterocycles. The van der Waals surface area contributed by atoms with Crippen molar-refractivity contribution in [3.63, 3.8) is 0 Å². The van der Waals surface area contributed by atoms with Crippen LogP contribution in [0.4, 0.5) is 11.4 Å². The van der Waals surface area contributed by atoms with Gasteiger partial charge in [-0.15, -0.1) is 0 Å². The minimum Gasteiger partial charge on any atom is -0.475 e. The van der Waals surface area contributed by atoms with Gasteiger partial charge in [0.15, 0.2) is 0 Å². The maximum Gasteiger partial charge on any atom is 0.495 e. The van der Waals surface area contributed by atoms with E-state index in [1.165, 1.54) is 24.5 Å². The molecule has 6 aromatic heterocycles. The Morgan fingerprint density at radius 2 is 1.05 bits per heavy atom. The van der Waals surface area contributed by atoms with Crippen LogP contribution in [0, 0.1) is 47.9 Å². The molecule has 9 aromatic rings. The topological polar surface area (TPSA) is 316 Å². The van der Waals surface area contributed by atoms with Gasteiger partial charge in [-0.1, -0.05) is 24.3 Å². The fourth-order valence-electron chi connectivity index (χ4n) is 13.1. The van der Waals surface area contributed by atoms with Crippen molar-refractivity contribution in [3.8, 4) is 56.5 Å². The molecule has 4 fully saturated rings. The lowest BCUT2D eigenvalue weighted by Crippen LogP contribution is -2.41. The molecule has 0 spiro atoms. The number of ether oxygens (including phenoxy) is 7. The minimum absolute atomic E-state index is 0.0220. The van der Waals surface area contributed by atoms with Gasteiger partial charge in [0, 0.05) is 72.0 Å². The van der Waals surface area contributed by atoms with Crippen LogP contribution in [0.25, 0.3) is 66.6 Å². The summed E-state index contributed by atoms with van der Waals surface area (Å²) in [6.45, 7) is 30.4. The summed E-state index contributed by atoms with van der Waals surface area (Å²) in [5.41, 5.74) is 9.28. The predicted molar refractivity (Wildman–Crippen MR) is 374 cm³/mol. The van der Waals surface area contributed by atoms with Crippen LogP contribution in [0.2, 0.25) is 0 Å². The molecule has 0 amide bonds. The Hall–Kier alpha value is -9.74. The summed E-state index contributed by atoms with van der Waals surface area (Å²) in [5, 5.41) is 39.3. The zero-order valence-electron chi connectivity index (χ0n) is 58.8. The van der Waals surface area contributed by atoms with E-state index in [1.54, 1.807) is 53.7 Å². The third-order valence-electron chi connectivity index (χ3n) is 18.4. The largest absolute Gasteiger partial charge is 0.495 e. The molecule has 1 N–H and O–H groups in total. The fourth-order valence-corrected chi connectivity index (χ4v) is 13.1. The van der Waals surface area contributed by atoms with E-state index in [9.17, 15) is 34.6 Å². The van der Waals surface area contributed by atoms with Crippen molar-refractivity contribution in [1.82, 2.24) is 44.3 Å². The molecule has 0 radical (unpaired) electrons. The number of H-pyrrole nitrogens is 1. The van der Waals surface area contributed by atoms with E-state index in [0.717, 1.165) is 63.0 Å². The van der Waals surface area contributed by atoms with Crippen LogP contribution in [0.1, 0.15) is 150 Å². The van der Waals surface area contributed by atoms with E-state index >= 15 is 0 Å². The van der Waals surface area contributed by atoms with Gasteiger partial charge in [0.2, 0.25) is 11.8 Å². The molecule has 3 atom stereocenters. The SMILES string of the molecule is CCOC(=O)c1cnn([C@H]2CCOC2)c1-c1ccc(-c2c(C)cc(OC(C)C)nc2C)cc1[N+](=O)[O-].CCOC(=O)c1cnn([C@H]2CCOC2)c1-c1ccc(B2OC(C)(C)C(C)(C)O2)cc1[N+](=O)[O-].Cc1cc(OC(C)C)nc(C)c1-c1ccc2c(c1)[nH]c(=O)c1cnn([C@H]3CCOC3)c12. The monoisotopic (exact) mass is 1370 g/mol. The number of carbonyl (C=O) groups is 2. The lowest BCUT2D eigenvalue weighted by Gasteiger charge is -2.32. The van der Waals surface area contributed by atoms with Crippen molar-refractivity contribution in [2.75, 3.05) is 52.9 Å². The van der Waals surface area contributed by atoms with E-state index in [4.69, 9.17) is 42.5 Å². The highest BCUT2D eigenvalue weighted by atomic mass is 16.7. The average Bonchev–Trinajstić information content (AvgIpc) is 1.50. The van der Waals surface area contributed by atoms with Gasteiger partial charge in [0.1, 0.15) is 11.1 Å². The van der Waals surface area contributed by atoms with Gasteiger partial charge < -0.3 is 47.5 Å². The second-order valence-corrected chi connectivity index (χ2v) is 26.7. The van der Waals surface area contributed by atoms with Crippen molar-refractivity contribution in [1.29, 1.82) is 0 Å². The van der Waals surface area contributed by atoms with Crippen LogP contribution in [-0.2, 0) is 33.0 Å². The zero-order chi connectivity index (χ0) is 71.6. The van der Waals surface area contributed by atoms with Gasteiger partial charge in [-0.25, -0.2) is 19.6 Å². The van der Waals surface area contributed by atoms with Crippen molar-refractivity contribution in [2.45, 2.75) is 158 Å². The van der Waals surface area contributed by atoms with Crippen LogP contribution < -0.4 is 20.5 Å². The number of nitro groups is 2. The lowest BCUT2D eigenvalue weighted by molar-refractivity contribution is -0.384. The summed E-state index contributed by atoms with van der Waals surface area (Å²) in [5.74, 6) is -0.0151. The smallest absolute Gasteiger partial charge is 0.475 e. The number of rotatable bonds is 18. The highest BCUT2D eigenvalue weighted by molar-refractivity contribution is 6.62. The summed E-state index contributed by atoms with van der Waals surface area (Å²) >= 11 is 0. The molecular formula is C72H84BN11O16. The molecule has 4 aliphatic heterocycles. The van der Waals surface area contributed by atoms with Gasteiger partial charge in [-0.2, -0.15) is 15.3 Å². The first kappa shape index (κ1) is 71.5. The molecule has 100 heavy (non-hydrogen) atoms. The lowest BCUT2D eigenvalue weighted by atomic mass is 9.78. The minimum atomic E-state index is -0.750. The van der Waals surface area contributed by atoms with Gasteiger partial charge in [-0.3, -0.25) is 39.1 Å². The Kier molecular flexibility index (Phi) is 21.2. The highest BCUT2D eigenvalue weighted by Gasteiger charge is 2.52. The molecule has 3 aromatic carbocycles. The zero-order valence-corrected chi connectivity index (χ0v) is 58.8. The second-order valence-electron chi connectivity index (χ2n) is 26.7. The average molecular weight is 1370 g/mol. The molecule has 28 heteroatoms. The van der Waals surface area contributed by atoms with E-state index in [-0.39, 0.29) is 77.2 Å². The van der Waals surface area contributed by atoms with Crippen LogP contribution in [0.15, 0.2) is 90.1 Å². The number of nitrogens with zero attached hydrogens (tertiary/aromatic N) is 10. The number of benzene rings is 3. The number of carbonyl (C=O) groups excluding carboxylic acids is 2. The normalized spacial score (nSPS) is 17.7. The van der Waals surface area contributed by atoms with Crippen LogP contribution in [0.3, 0.4) is 0 Å². The maximum absolute atomic E-state index is 12.8.